The number of ketones is 1. The van der Waals surface area contributed by atoms with E-state index in [4.69, 9.17) is 5.11 Å². The van der Waals surface area contributed by atoms with E-state index in [9.17, 15) is 14.4 Å². The number of aryl methyl sites for hydroxylation is 1. The first-order valence-corrected chi connectivity index (χ1v) is 5.78. The van der Waals surface area contributed by atoms with Crippen molar-refractivity contribution in [3.05, 3.63) is 17.5 Å². The molecule has 0 spiro atoms. The highest BCUT2D eigenvalue weighted by Crippen LogP contribution is 2.22. The van der Waals surface area contributed by atoms with E-state index >= 15 is 0 Å². The number of amides is 1. The first-order valence-electron chi connectivity index (χ1n) is 5.78. The van der Waals surface area contributed by atoms with Crippen molar-refractivity contribution in [1.82, 2.24) is 9.97 Å². The predicted octanol–water partition coefficient (Wildman–Crippen LogP) is 0.425. The molecule has 0 radical (unpaired) electrons. The molecule has 2 rings (SSSR count). The maximum atomic E-state index is 11.7. The van der Waals surface area contributed by atoms with E-state index in [-0.39, 0.29) is 30.6 Å². The van der Waals surface area contributed by atoms with Crippen molar-refractivity contribution in [3.63, 3.8) is 0 Å². The fourth-order valence-electron chi connectivity index (χ4n) is 2.00. The Hall–Kier alpha value is -2.31. The summed E-state index contributed by atoms with van der Waals surface area (Å²) in [7, 11) is 0. The van der Waals surface area contributed by atoms with Crippen LogP contribution in [0.3, 0.4) is 0 Å². The van der Waals surface area contributed by atoms with Crippen molar-refractivity contribution in [1.29, 1.82) is 0 Å². The van der Waals surface area contributed by atoms with Crippen molar-refractivity contribution in [2.24, 2.45) is 5.92 Å². The molecule has 0 aliphatic carbocycles. The van der Waals surface area contributed by atoms with Gasteiger partial charge in [-0.2, -0.15) is 0 Å². The molecule has 1 aliphatic heterocycles. The second-order valence-electron chi connectivity index (χ2n) is 4.47. The van der Waals surface area contributed by atoms with Crippen molar-refractivity contribution in [2.45, 2.75) is 20.3 Å². The molecule has 1 amide bonds. The zero-order valence-corrected chi connectivity index (χ0v) is 10.6. The second-order valence-corrected chi connectivity index (χ2v) is 4.47. The molecular formula is C12H13N3O4. The van der Waals surface area contributed by atoms with Crippen LogP contribution in [0.1, 0.15) is 29.4 Å². The molecule has 7 nitrogen and oxygen atoms in total. The third kappa shape index (κ3) is 2.44. The summed E-state index contributed by atoms with van der Waals surface area (Å²) >= 11 is 0. The molecule has 1 aliphatic rings. The number of hydrogen-bond donors (Lipinski definition) is 1. The van der Waals surface area contributed by atoms with Crippen LogP contribution in [0.15, 0.2) is 6.20 Å². The Morgan fingerprint density at radius 2 is 2.16 bits per heavy atom. The summed E-state index contributed by atoms with van der Waals surface area (Å²) in [5.41, 5.74) is 0.870. The van der Waals surface area contributed by atoms with Gasteiger partial charge in [-0.25, -0.2) is 9.97 Å². The molecule has 1 aromatic rings. The average Bonchev–Trinajstić information content (AvgIpc) is 2.71. The summed E-state index contributed by atoms with van der Waals surface area (Å²) < 4.78 is 0. The number of carbonyl (C=O) groups excluding carboxylic acids is 2. The minimum Gasteiger partial charge on any atom is -0.481 e. The maximum absolute atomic E-state index is 11.7. The lowest BCUT2D eigenvalue weighted by Crippen LogP contribution is -2.28. The molecule has 7 heteroatoms. The van der Waals surface area contributed by atoms with Crippen molar-refractivity contribution < 1.29 is 19.5 Å². The molecule has 1 N–H and O–H groups in total. The van der Waals surface area contributed by atoms with Crippen LogP contribution >= 0.6 is 0 Å². The first-order chi connectivity index (χ1) is 8.90. The Morgan fingerprint density at radius 3 is 2.63 bits per heavy atom. The zero-order chi connectivity index (χ0) is 14.2. The molecule has 0 saturated carbocycles. The van der Waals surface area contributed by atoms with Gasteiger partial charge in [-0.1, -0.05) is 0 Å². The number of carboxylic acids is 1. The van der Waals surface area contributed by atoms with Gasteiger partial charge in [0.25, 0.3) is 0 Å². The highest BCUT2D eigenvalue weighted by atomic mass is 16.4. The van der Waals surface area contributed by atoms with Gasteiger partial charge >= 0.3 is 5.97 Å². The highest BCUT2D eigenvalue weighted by Gasteiger charge is 2.36. The number of anilines is 1. The molecular weight excluding hydrogens is 250 g/mol. The van der Waals surface area contributed by atoms with E-state index in [1.807, 2.05) is 0 Å². The minimum atomic E-state index is -1.01. The summed E-state index contributed by atoms with van der Waals surface area (Å²) in [6.45, 7) is 3.12. The van der Waals surface area contributed by atoms with E-state index in [1.165, 1.54) is 18.0 Å². The Labute approximate surface area is 109 Å². The zero-order valence-electron chi connectivity index (χ0n) is 10.6. The number of carbonyl (C=O) groups is 3. The topological polar surface area (TPSA) is 100 Å². The lowest BCUT2D eigenvalue weighted by atomic mass is 10.1. The molecule has 1 saturated heterocycles. The summed E-state index contributed by atoms with van der Waals surface area (Å²) in [6.07, 6.45) is 1.31. The van der Waals surface area contributed by atoms with Crippen LogP contribution in [-0.4, -0.2) is 39.3 Å². The maximum Gasteiger partial charge on any atom is 0.308 e. The lowest BCUT2D eigenvalue weighted by molar-refractivity contribution is -0.141. The van der Waals surface area contributed by atoms with Crippen LogP contribution in [0.4, 0.5) is 5.95 Å². The monoisotopic (exact) mass is 263 g/mol. The predicted molar refractivity (Wildman–Crippen MR) is 64.9 cm³/mol. The lowest BCUT2D eigenvalue weighted by Gasteiger charge is -2.14. The molecule has 1 atom stereocenters. The van der Waals surface area contributed by atoms with Gasteiger partial charge in [0.1, 0.15) is 0 Å². The van der Waals surface area contributed by atoms with Crippen molar-refractivity contribution >= 4 is 23.6 Å². The van der Waals surface area contributed by atoms with Crippen LogP contribution < -0.4 is 4.90 Å². The fourth-order valence-corrected chi connectivity index (χ4v) is 2.00. The number of hydrogen-bond acceptors (Lipinski definition) is 5. The van der Waals surface area contributed by atoms with Crippen LogP contribution in [0.25, 0.3) is 0 Å². The normalized spacial score (nSPS) is 18.7. The molecule has 1 fully saturated rings. The summed E-state index contributed by atoms with van der Waals surface area (Å²) in [4.78, 5) is 43.2. The first kappa shape index (κ1) is 13.1. The average molecular weight is 263 g/mol. The Balaban J connectivity index is 2.28. The van der Waals surface area contributed by atoms with Gasteiger partial charge in [0.15, 0.2) is 5.78 Å². The summed E-state index contributed by atoms with van der Waals surface area (Å²) in [5, 5.41) is 8.90. The Kier molecular flexibility index (Phi) is 3.28. The SMILES string of the molecule is CC(=O)c1cnc(N2CC(C(=O)O)CC2=O)nc1C. The van der Waals surface area contributed by atoms with E-state index < -0.39 is 11.9 Å². The van der Waals surface area contributed by atoms with Crippen LogP contribution in [0.5, 0.6) is 0 Å². The van der Waals surface area contributed by atoms with Gasteiger partial charge < -0.3 is 5.11 Å². The number of rotatable bonds is 3. The van der Waals surface area contributed by atoms with Crippen LogP contribution in [0, 0.1) is 12.8 Å². The summed E-state index contributed by atoms with van der Waals surface area (Å²) in [6, 6.07) is 0. The minimum absolute atomic E-state index is 0.0494. The number of Topliss-reactive ketones (excluding diaryl/α,β-unsaturated/α-hetero) is 1. The molecule has 100 valence electrons. The quantitative estimate of drug-likeness (QED) is 0.793. The van der Waals surface area contributed by atoms with Gasteiger partial charge in [0.2, 0.25) is 11.9 Å². The van der Waals surface area contributed by atoms with Gasteiger partial charge in [-0.15, -0.1) is 0 Å². The molecule has 2 heterocycles. The smallest absolute Gasteiger partial charge is 0.308 e. The van der Waals surface area contributed by atoms with Crippen LogP contribution in [-0.2, 0) is 9.59 Å². The third-order valence-electron chi connectivity index (χ3n) is 3.06. The van der Waals surface area contributed by atoms with Crippen LogP contribution in [0.2, 0.25) is 0 Å². The second kappa shape index (κ2) is 4.75. The molecule has 0 aromatic carbocycles. The molecule has 1 unspecified atom stereocenters. The van der Waals surface area contributed by atoms with Crippen molar-refractivity contribution in [2.75, 3.05) is 11.4 Å². The van der Waals surface area contributed by atoms with Gasteiger partial charge in [0.05, 0.1) is 17.2 Å². The van der Waals surface area contributed by atoms with E-state index in [0.717, 1.165) is 0 Å². The van der Waals surface area contributed by atoms with Gasteiger partial charge in [-0.05, 0) is 13.8 Å². The molecule has 19 heavy (non-hydrogen) atoms. The number of nitrogens with zero attached hydrogens (tertiary/aromatic N) is 3. The molecule has 1 aromatic heterocycles. The van der Waals surface area contributed by atoms with E-state index in [1.54, 1.807) is 6.92 Å². The van der Waals surface area contributed by atoms with Gasteiger partial charge in [-0.3, -0.25) is 19.3 Å². The third-order valence-corrected chi connectivity index (χ3v) is 3.06. The highest BCUT2D eigenvalue weighted by molar-refractivity contribution is 5.98. The number of aliphatic carboxylic acids is 1. The molecule has 0 bridgehead atoms. The van der Waals surface area contributed by atoms with E-state index in [2.05, 4.69) is 9.97 Å². The van der Waals surface area contributed by atoms with E-state index in [0.29, 0.717) is 11.3 Å². The van der Waals surface area contributed by atoms with Crippen molar-refractivity contribution in [3.8, 4) is 0 Å². The largest absolute Gasteiger partial charge is 0.481 e. The standard InChI is InChI=1S/C12H13N3O4/c1-6-9(7(2)16)4-13-12(14-6)15-5-8(11(18)19)3-10(15)17/h4,8H,3,5H2,1-2H3,(H,18,19). The van der Waals surface area contributed by atoms with Gasteiger partial charge in [0, 0.05) is 19.2 Å². The number of aromatic nitrogens is 2. The number of carboxylic acid groups (broad SMARTS) is 1. The Morgan fingerprint density at radius 1 is 1.47 bits per heavy atom. The summed E-state index contributed by atoms with van der Waals surface area (Å²) in [5.74, 6) is -2.06. The Bertz CT molecular complexity index is 570. The fraction of sp³-hybridized carbons (Fsp3) is 0.417.